The van der Waals surface area contributed by atoms with Crippen molar-refractivity contribution >= 4 is 27.4 Å². The molecule has 0 amide bonds. The van der Waals surface area contributed by atoms with Gasteiger partial charge < -0.3 is 5.43 Å². The highest BCUT2D eigenvalue weighted by molar-refractivity contribution is 6.11. The molecule has 0 spiro atoms. The fraction of sp³-hybridized carbons (Fsp3) is 0. The molecule has 0 saturated carbocycles. The second-order valence-electron chi connectivity index (χ2n) is 3.69. The topological polar surface area (TPSA) is 50.9 Å². The summed E-state index contributed by atoms with van der Waals surface area (Å²) in [4.78, 5) is 4.42. The van der Waals surface area contributed by atoms with Gasteiger partial charge in [0.05, 0.1) is 11.2 Å². The molecule has 0 aliphatic heterocycles. The number of hydrogen-bond donors (Lipinski definition) is 2. The summed E-state index contributed by atoms with van der Waals surface area (Å²) in [5, 5.41) is 3.34. The molecule has 3 nitrogen and oxygen atoms in total. The van der Waals surface area contributed by atoms with Crippen molar-refractivity contribution < 1.29 is 0 Å². The lowest BCUT2D eigenvalue weighted by atomic mass is 10.0. The van der Waals surface area contributed by atoms with E-state index in [1.165, 1.54) is 0 Å². The summed E-state index contributed by atoms with van der Waals surface area (Å²) in [6.45, 7) is 0. The van der Waals surface area contributed by atoms with Crippen molar-refractivity contribution in [2.45, 2.75) is 0 Å². The van der Waals surface area contributed by atoms with Crippen LogP contribution in [0.3, 0.4) is 0 Å². The molecule has 0 fully saturated rings. The summed E-state index contributed by atoms with van der Waals surface area (Å²) in [5.41, 5.74) is 4.61. The first-order chi connectivity index (χ1) is 7.90. The van der Waals surface area contributed by atoms with Crippen LogP contribution in [0.25, 0.3) is 21.7 Å². The highest BCUT2D eigenvalue weighted by Gasteiger charge is 2.04. The fourth-order valence-corrected chi connectivity index (χ4v) is 2.03. The smallest absolute Gasteiger partial charge is 0.0801 e. The van der Waals surface area contributed by atoms with Gasteiger partial charge in [-0.3, -0.25) is 10.8 Å². The van der Waals surface area contributed by atoms with Gasteiger partial charge in [-0.1, -0.05) is 30.3 Å². The van der Waals surface area contributed by atoms with Gasteiger partial charge >= 0.3 is 0 Å². The van der Waals surface area contributed by atoms with Gasteiger partial charge in [0.25, 0.3) is 0 Å². The van der Waals surface area contributed by atoms with Crippen LogP contribution >= 0.6 is 0 Å². The Morgan fingerprint density at radius 3 is 2.62 bits per heavy atom. The molecule has 0 atom stereocenters. The van der Waals surface area contributed by atoms with Crippen LogP contribution in [0.4, 0.5) is 5.69 Å². The second kappa shape index (κ2) is 3.47. The lowest BCUT2D eigenvalue weighted by molar-refractivity contribution is 1.36. The van der Waals surface area contributed by atoms with Crippen molar-refractivity contribution in [1.82, 2.24) is 4.98 Å². The summed E-state index contributed by atoms with van der Waals surface area (Å²) < 4.78 is 0. The first-order valence-corrected chi connectivity index (χ1v) is 5.13. The molecule has 0 unspecified atom stereocenters. The minimum Gasteiger partial charge on any atom is -0.323 e. The Balaban J connectivity index is 2.57. The SMILES string of the molecule is NNc1cccc2ccc3cccnc3c12. The van der Waals surface area contributed by atoms with E-state index in [4.69, 9.17) is 5.84 Å². The average molecular weight is 209 g/mol. The van der Waals surface area contributed by atoms with Crippen LogP contribution in [0.15, 0.2) is 48.7 Å². The molecule has 2 aromatic carbocycles. The van der Waals surface area contributed by atoms with Crippen LogP contribution < -0.4 is 11.3 Å². The van der Waals surface area contributed by atoms with E-state index in [2.05, 4.69) is 34.7 Å². The van der Waals surface area contributed by atoms with E-state index in [0.29, 0.717) is 0 Å². The van der Waals surface area contributed by atoms with Crippen LogP contribution in [0.1, 0.15) is 0 Å². The van der Waals surface area contributed by atoms with Gasteiger partial charge in [-0.2, -0.15) is 0 Å². The fourth-order valence-electron chi connectivity index (χ4n) is 2.03. The molecule has 3 rings (SSSR count). The first kappa shape index (κ1) is 9.12. The Morgan fingerprint density at radius 1 is 0.938 bits per heavy atom. The predicted octanol–water partition coefficient (Wildman–Crippen LogP) is 2.67. The van der Waals surface area contributed by atoms with Gasteiger partial charge in [-0.05, 0) is 17.5 Å². The van der Waals surface area contributed by atoms with Crippen molar-refractivity contribution in [3.8, 4) is 0 Å². The summed E-state index contributed by atoms with van der Waals surface area (Å²) in [6, 6.07) is 14.1. The summed E-state index contributed by atoms with van der Waals surface area (Å²) in [6.07, 6.45) is 1.80. The Bertz CT molecular complexity index is 661. The van der Waals surface area contributed by atoms with Crippen molar-refractivity contribution in [3.63, 3.8) is 0 Å². The number of rotatable bonds is 1. The first-order valence-electron chi connectivity index (χ1n) is 5.13. The average Bonchev–Trinajstić information content (AvgIpc) is 2.37. The summed E-state index contributed by atoms with van der Waals surface area (Å²) >= 11 is 0. The number of hydrogen-bond acceptors (Lipinski definition) is 3. The maximum absolute atomic E-state index is 5.53. The number of hydrazine groups is 1. The largest absolute Gasteiger partial charge is 0.323 e. The maximum Gasteiger partial charge on any atom is 0.0801 e. The van der Waals surface area contributed by atoms with Gasteiger partial charge in [0.15, 0.2) is 0 Å². The van der Waals surface area contributed by atoms with Crippen LogP contribution in [0.2, 0.25) is 0 Å². The molecule has 3 aromatic rings. The number of nitrogens with one attached hydrogen (secondary N) is 1. The standard InChI is InChI=1S/C13H11N3/c14-16-11-5-1-3-9-6-7-10-4-2-8-15-13(10)12(9)11/h1-8,16H,14H2. The van der Waals surface area contributed by atoms with Gasteiger partial charge in [0.1, 0.15) is 0 Å². The Morgan fingerprint density at radius 2 is 1.75 bits per heavy atom. The van der Waals surface area contributed by atoms with Crippen LogP contribution in [0, 0.1) is 0 Å². The second-order valence-corrected chi connectivity index (χ2v) is 3.69. The number of pyridine rings is 1. The molecule has 0 saturated heterocycles. The Hall–Kier alpha value is -2.13. The molecule has 0 bridgehead atoms. The number of fused-ring (bicyclic) bond motifs is 3. The van der Waals surface area contributed by atoms with Crippen molar-refractivity contribution in [1.29, 1.82) is 0 Å². The molecule has 1 aromatic heterocycles. The highest BCUT2D eigenvalue weighted by Crippen LogP contribution is 2.29. The minimum absolute atomic E-state index is 0.904. The van der Waals surface area contributed by atoms with E-state index >= 15 is 0 Å². The van der Waals surface area contributed by atoms with E-state index in [1.807, 2.05) is 18.2 Å². The molecule has 0 radical (unpaired) electrons. The maximum atomic E-state index is 5.53. The third-order valence-corrected chi connectivity index (χ3v) is 2.77. The van der Waals surface area contributed by atoms with Crippen molar-refractivity contribution in [2.24, 2.45) is 5.84 Å². The summed E-state index contributed by atoms with van der Waals surface area (Å²) in [7, 11) is 0. The number of nitrogens with zero attached hydrogens (tertiary/aromatic N) is 1. The van der Waals surface area contributed by atoms with Crippen LogP contribution in [-0.2, 0) is 0 Å². The molecule has 0 aliphatic carbocycles. The van der Waals surface area contributed by atoms with E-state index in [0.717, 1.165) is 27.4 Å². The van der Waals surface area contributed by atoms with E-state index in [9.17, 15) is 0 Å². The number of nitrogen functional groups attached to an aromatic ring is 1. The van der Waals surface area contributed by atoms with Crippen molar-refractivity contribution in [2.75, 3.05) is 5.43 Å². The number of benzene rings is 2. The zero-order valence-corrected chi connectivity index (χ0v) is 8.64. The van der Waals surface area contributed by atoms with E-state index < -0.39 is 0 Å². The predicted molar refractivity (Wildman–Crippen MR) is 67.1 cm³/mol. The Kier molecular flexibility index (Phi) is 1.98. The number of aromatic nitrogens is 1. The molecule has 1 heterocycles. The Labute approximate surface area is 92.9 Å². The normalized spacial score (nSPS) is 10.8. The van der Waals surface area contributed by atoms with Gasteiger partial charge in [0, 0.05) is 17.0 Å². The van der Waals surface area contributed by atoms with Gasteiger partial charge in [-0.25, -0.2) is 0 Å². The third kappa shape index (κ3) is 1.22. The molecule has 3 N–H and O–H groups in total. The van der Waals surface area contributed by atoms with Crippen LogP contribution in [0.5, 0.6) is 0 Å². The van der Waals surface area contributed by atoms with E-state index in [-0.39, 0.29) is 0 Å². The van der Waals surface area contributed by atoms with Crippen LogP contribution in [-0.4, -0.2) is 4.98 Å². The quantitative estimate of drug-likeness (QED) is 0.368. The zero-order valence-electron chi connectivity index (χ0n) is 8.64. The van der Waals surface area contributed by atoms with Gasteiger partial charge in [-0.15, -0.1) is 0 Å². The number of anilines is 1. The van der Waals surface area contributed by atoms with E-state index in [1.54, 1.807) is 6.20 Å². The monoisotopic (exact) mass is 209 g/mol. The molecular formula is C13H11N3. The minimum atomic E-state index is 0.904. The van der Waals surface area contributed by atoms with Gasteiger partial charge in [0.2, 0.25) is 0 Å². The summed E-state index contributed by atoms with van der Waals surface area (Å²) in [5.74, 6) is 5.53. The number of nitrogens with two attached hydrogens (primary N) is 1. The molecule has 16 heavy (non-hydrogen) atoms. The molecular weight excluding hydrogens is 198 g/mol. The lowest BCUT2D eigenvalue weighted by Crippen LogP contribution is -2.07. The van der Waals surface area contributed by atoms with Crippen molar-refractivity contribution in [3.05, 3.63) is 48.7 Å². The zero-order chi connectivity index (χ0) is 11.0. The molecule has 0 aliphatic rings. The third-order valence-electron chi connectivity index (χ3n) is 2.77. The highest BCUT2D eigenvalue weighted by atomic mass is 15.2. The molecule has 3 heteroatoms. The molecule has 78 valence electrons. The lowest BCUT2D eigenvalue weighted by Gasteiger charge is -2.07.